The molecule has 1 unspecified atom stereocenters. The predicted octanol–water partition coefficient (Wildman–Crippen LogP) is 2.19. The van der Waals surface area contributed by atoms with E-state index in [1.165, 1.54) is 0 Å². The highest BCUT2D eigenvalue weighted by Crippen LogP contribution is 2.21. The van der Waals surface area contributed by atoms with Gasteiger partial charge in [-0.15, -0.1) is 0 Å². The molecule has 1 aliphatic heterocycles. The molecule has 0 aliphatic carbocycles. The van der Waals surface area contributed by atoms with E-state index < -0.39 is 0 Å². The zero-order valence-electron chi connectivity index (χ0n) is 9.94. The van der Waals surface area contributed by atoms with E-state index in [1.54, 1.807) is 0 Å². The van der Waals surface area contributed by atoms with Crippen molar-refractivity contribution in [1.82, 2.24) is 0 Å². The molecule has 1 aromatic carbocycles. The Morgan fingerprint density at radius 2 is 2.41 bits per heavy atom. The van der Waals surface area contributed by atoms with Crippen LogP contribution in [0.2, 0.25) is 0 Å². The number of thiocarbonyl (C=S) groups is 1. The van der Waals surface area contributed by atoms with Gasteiger partial charge in [0.25, 0.3) is 0 Å². The zero-order chi connectivity index (χ0) is 12.3. The van der Waals surface area contributed by atoms with E-state index in [9.17, 15) is 0 Å². The number of benzene rings is 1. The largest absolute Gasteiger partial charge is 0.491 e. The third-order valence-corrected chi connectivity index (χ3v) is 3.14. The summed E-state index contributed by atoms with van der Waals surface area (Å²) in [4.78, 5) is 0.416. The summed E-state index contributed by atoms with van der Waals surface area (Å²) in [6, 6.07) is 5.76. The number of rotatable bonds is 4. The lowest BCUT2D eigenvalue weighted by molar-refractivity contribution is 0.0677. The smallest absolute Gasteiger partial charge is 0.122 e. The molecule has 1 saturated heterocycles. The molecule has 0 spiro atoms. The van der Waals surface area contributed by atoms with E-state index >= 15 is 0 Å². The van der Waals surface area contributed by atoms with E-state index in [4.69, 9.17) is 27.4 Å². The Morgan fingerprint density at radius 1 is 1.59 bits per heavy atom. The van der Waals surface area contributed by atoms with Crippen LogP contribution in [0.3, 0.4) is 0 Å². The van der Waals surface area contributed by atoms with Gasteiger partial charge in [-0.25, -0.2) is 0 Å². The predicted molar refractivity (Wildman–Crippen MR) is 71.5 cm³/mol. The van der Waals surface area contributed by atoms with Crippen LogP contribution in [0.4, 0.5) is 0 Å². The average molecular weight is 251 g/mol. The van der Waals surface area contributed by atoms with Crippen molar-refractivity contribution in [2.45, 2.75) is 25.9 Å². The number of ether oxygens (including phenoxy) is 2. The summed E-state index contributed by atoms with van der Waals surface area (Å²) in [5.74, 6) is 0.875. The lowest BCUT2D eigenvalue weighted by Gasteiger charge is -2.13. The van der Waals surface area contributed by atoms with Gasteiger partial charge in [0.1, 0.15) is 17.3 Å². The van der Waals surface area contributed by atoms with Gasteiger partial charge in [-0.2, -0.15) is 0 Å². The van der Waals surface area contributed by atoms with Crippen LogP contribution in [-0.4, -0.2) is 24.3 Å². The summed E-state index contributed by atoms with van der Waals surface area (Å²) < 4.78 is 11.3. The average Bonchev–Trinajstić information content (AvgIpc) is 2.80. The molecule has 2 rings (SSSR count). The van der Waals surface area contributed by atoms with Crippen LogP contribution in [0.15, 0.2) is 18.2 Å². The summed E-state index contributed by atoms with van der Waals surface area (Å²) in [7, 11) is 0. The molecule has 0 saturated carbocycles. The molecule has 4 heteroatoms. The van der Waals surface area contributed by atoms with Crippen molar-refractivity contribution in [3.05, 3.63) is 29.3 Å². The fraction of sp³-hybridized carbons (Fsp3) is 0.462. The highest BCUT2D eigenvalue weighted by Gasteiger charge is 2.16. The topological polar surface area (TPSA) is 44.5 Å². The SMILES string of the molecule is Cc1cc(C(N)=S)ccc1OCC1CCCO1. The van der Waals surface area contributed by atoms with Gasteiger partial charge < -0.3 is 15.2 Å². The zero-order valence-corrected chi connectivity index (χ0v) is 10.8. The van der Waals surface area contributed by atoms with Gasteiger partial charge in [-0.3, -0.25) is 0 Å². The summed E-state index contributed by atoms with van der Waals surface area (Å²) in [5, 5.41) is 0. The van der Waals surface area contributed by atoms with Gasteiger partial charge in [-0.05, 0) is 43.5 Å². The molecule has 1 aliphatic rings. The van der Waals surface area contributed by atoms with Crippen LogP contribution >= 0.6 is 12.2 Å². The van der Waals surface area contributed by atoms with Gasteiger partial charge in [0.05, 0.1) is 6.10 Å². The first-order chi connectivity index (χ1) is 8.16. The van der Waals surface area contributed by atoms with Crippen LogP contribution in [0.25, 0.3) is 0 Å². The molecular weight excluding hydrogens is 234 g/mol. The molecule has 0 aromatic heterocycles. The maximum atomic E-state index is 5.75. The molecule has 92 valence electrons. The Bertz CT molecular complexity index is 414. The van der Waals surface area contributed by atoms with Gasteiger partial charge in [-0.1, -0.05) is 12.2 Å². The quantitative estimate of drug-likeness (QED) is 0.833. The van der Waals surface area contributed by atoms with Crippen molar-refractivity contribution in [2.75, 3.05) is 13.2 Å². The van der Waals surface area contributed by atoms with Gasteiger partial charge in [0, 0.05) is 12.2 Å². The van der Waals surface area contributed by atoms with Gasteiger partial charge in [0.2, 0.25) is 0 Å². The Morgan fingerprint density at radius 3 is 3.00 bits per heavy atom. The molecule has 1 heterocycles. The number of aryl methyl sites for hydroxylation is 1. The standard InChI is InChI=1S/C13H17NO2S/c1-9-7-10(13(14)17)4-5-12(9)16-8-11-3-2-6-15-11/h4-5,7,11H,2-3,6,8H2,1H3,(H2,14,17). The van der Waals surface area contributed by atoms with Gasteiger partial charge in [0.15, 0.2) is 0 Å². The molecule has 17 heavy (non-hydrogen) atoms. The monoisotopic (exact) mass is 251 g/mol. The van der Waals surface area contributed by atoms with Crippen molar-refractivity contribution in [2.24, 2.45) is 5.73 Å². The summed E-state index contributed by atoms with van der Waals surface area (Å²) in [6.45, 7) is 3.47. The molecule has 0 radical (unpaired) electrons. The van der Waals surface area contributed by atoms with Crippen molar-refractivity contribution < 1.29 is 9.47 Å². The lowest BCUT2D eigenvalue weighted by atomic mass is 10.1. The third kappa shape index (κ3) is 3.17. The maximum absolute atomic E-state index is 5.75. The highest BCUT2D eigenvalue weighted by atomic mass is 32.1. The summed E-state index contributed by atoms with van der Waals surface area (Å²) >= 11 is 4.93. The van der Waals surface area contributed by atoms with Crippen LogP contribution < -0.4 is 10.5 Å². The normalized spacial score (nSPS) is 19.2. The van der Waals surface area contributed by atoms with E-state index in [1.807, 2.05) is 25.1 Å². The first kappa shape index (κ1) is 12.3. The number of nitrogens with two attached hydrogens (primary N) is 1. The Balaban J connectivity index is 1.98. The van der Waals surface area contributed by atoms with Crippen LogP contribution in [-0.2, 0) is 4.74 Å². The molecule has 1 atom stereocenters. The molecular formula is C13H17NO2S. The van der Waals surface area contributed by atoms with E-state index in [0.717, 1.165) is 36.3 Å². The van der Waals surface area contributed by atoms with E-state index in [0.29, 0.717) is 11.6 Å². The van der Waals surface area contributed by atoms with Crippen LogP contribution in [0.1, 0.15) is 24.0 Å². The second kappa shape index (κ2) is 5.47. The van der Waals surface area contributed by atoms with Crippen LogP contribution in [0, 0.1) is 6.92 Å². The Labute approximate surface area is 107 Å². The van der Waals surface area contributed by atoms with E-state index in [2.05, 4.69) is 0 Å². The summed E-state index contributed by atoms with van der Waals surface area (Å²) in [5.41, 5.74) is 7.50. The van der Waals surface area contributed by atoms with Crippen molar-refractivity contribution in [3.63, 3.8) is 0 Å². The fourth-order valence-electron chi connectivity index (χ4n) is 1.92. The van der Waals surface area contributed by atoms with Crippen molar-refractivity contribution in [3.8, 4) is 5.75 Å². The third-order valence-electron chi connectivity index (χ3n) is 2.91. The fourth-order valence-corrected chi connectivity index (χ4v) is 2.05. The first-order valence-electron chi connectivity index (χ1n) is 5.81. The van der Waals surface area contributed by atoms with Crippen molar-refractivity contribution >= 4 is 17.2 Å². The Hall–Kier alpha value is -1.13. The minimum atomic E-state index is 0.240. The van der Waals surface area contributed by atoms with Crippen molar-refractivity contribution in [1.29, 1.82) is 0 Å². The van der Waals surface area contributed by atoms with Crippen LogP contribution in [0.5, 0.6) is 5.75 Å². The number of hydrogen-bond acceptors (Lipinski definition) is 3. The minimum Gasteiger partial charge on any atom is -0.491 e. The molecule has 2 N–H and O–H groups in total. The molecule has 0 amide bonds. The minimum absolute atomic E-state index is 0.240. The maximum Gasteiger partial charge on any atom is 0.122 e. The Kier molecular flexibility index (Phi) is 3.97. The summed E-state index contributed by atoms with van der Waals surface area (Å²) in [6.07, 6.45) is 2.46. The first-order valence-corrected chi connectivity index (χ1v) is 6.22. The van der Waals surface area contributed by atoms with E-state index in [-0.39, 0.29) is 6.10 Å². The lowest BCUT2D eigenvalue weighted by Crippen LogP contribution is -2.17. The second-order valence-corrected chi connectivity index (χ2v) is 4.73. The molecule has 3 nitrogen and oxygen atoms in total. The van der Waals surface area contributed by atoms with Gasteiger partial charge >= 0.3 is 0 Å². The highest BCUT2D eigenvalue weighted by molar-refractivity contribution is 7.80. The second-order valence-electron chi connectivity index (χ2n) is 4.29. The molecule has 1 aromatic rings. The molecule has 1 fully saturated rings. The molecule has 0 bridgehead atoms. The number of hydrogen-bond donors (Lipinski definition) is 1.